The topological polar surface area (TPSA) is 47.2 Å². The van der Waals surface area contributed by atoms with E-state index in [1.54, 1.807) is 13.3 Å². The Hall–Kier alpha value is -2.72. The second-order valence-electron chi connectivity index (χ2n) is 9.03. The summed E-state index contributed by atoms with van der Waals surface area (Å²) in [7, 11) is 0. The van der Waals surface area contributed by atoms with Gasteiger partial charge in [-0.1, -0.05) is 35.9 Å². The number of halogens is 1. The number of hydrogen-bond donors (Lipinski definition) is 0. The van der Waals surface area contributed by atoms with Gasteiger partial charge in [0.05, 0.1) is 23.1 Å². The van der Waals surface area contributed by atoms with Crippen molar-refractivity contribution in [2.75, 3.05) is 0 Å². The van der Waals surface area contributed by atoms with Crippen molar-refractivity contribution in [1.29, 1.82) is 0 Å². The van der Waals surface area contributed by atoms with Gasteiger partial charge in [0.2, 0.25) is 0 Å². The van der Waals surface area contributed by atoms with Crippen molar-refractivity contribution < 1.29 is 4.79 Å². The van der Waals surface area contributed by atoms with E-state index in [1.165, 1.54) is 24.8 Å². The monoisotopic (exact) mass is 415 g/mol. The van der Waals surface area contributed by atoms with Crippen molar-refractivity contribution >= 4 is 23.1 Å². The zero-order valence-electron chi connectivity index (χ0n) is 17.0. The average molecular weight is 416 g/mol. The minimum Gasteiger partial charge on any atom is -0.300 e. The van der Waals surface area contributed by atoms with Gasteiger partial charge in [-0.15, -0.1) is 0 Å². The van der Waals surface area contributed by atoms with Crippen LogP contribution in [-0.4, -0.2) is 21.0 Å². The Morgan fingerprint density at radius 3 is 2.57 bits per heavy atom. The number of benzene rings is 2. The van der Waals surface area contributed by atoms with E-state index < -0.39 is 0 Å². The lowest BCUT2D eigenvalue weighted by Crippen LogP contribution is -2.55. The van der Waals surface area contributed by atoms with E-state index in [-0.39, 0.29) is 11.8 Å². The molecule has 0 saturated heterocycles. The number of Topliss-reactive ketones (excluding diaryl/α,β-unsaturated/α-hetero) is 1. The van der Waals surface area contributed by atoms with Gasteiger partial charge >= 0.3 is 0 Å². The molecule has 0 unspecified atom stereocenters. The Morgan fingerprint density at radius 2 is 1.90 bits per heavy atom. The van der Waals surface area contributed by atoms with Gasteiger partial charge in [0.25, 0.3) is 0 Å². The van der Waals surface area contributed by atoms with E-state index in [0.717, 1.165) is 34.1 Å². The van der Waals surface area contributed by atoms with Crippen LogP contribution in [0, 0.1) is 5.92 Å². The molecule has 0 N–H and O–H groups in total. The normalized spacial score (nSPS) is 25.9. The largest absolute Gasteiger partial charge is 0.300 e. The maximum Gasteiger partial charge on any atom is 0.180 e. The van der Waals surface area contributed by atoms with Crippen LogP contribution in [0.1, 0.15) is 72.0 Å². The molecule has 4 aliphatic rings. The van der Waals surface area contributed by atoms with E-state index in [9.17, 15) is 4.79 Å². The molecule has 3 saturated carbocycles. The van der Waals surface area contributed by atoms with Crippen molar-refractivity contribution in [1.82, 2.24) is 9.55 Å². The third-order valence-corrected chi connectivity index (χ3v) is 7.48. The standard InChI is InChI=1S/C25H22ClN3O/c1-14-24-22(15(2)30)27-13-29(24)21-8-7-17(25-10-16(11-25)12-25)9-19(21)23(28-14)18-5-3-4-6-20(18)26/h3-9,13-14,16H,10-12H2,1-2H3/t14-,16?,25?/m1/s1. The van der Waals surface area contributed by atoms with Crippen LogP contribution in [0.4, 0.5) is 0 Å². The Morgan fingerprint density at radius 1 is 1.13 bits per heavy atom. The predicted octanol–water partition coefficient (Wildman–Crippen LogP) is 5.69. The lowest BCUT2D eigenvalue weighted by Gasteiger charge is -2.62. The minimum absolute atomic E-state index is 0.0426. The molecule has 7 rings (SSSR count). The van der Waals surface area contributed by atoms with Gasteiger partial charge < -0.3 is 0 Å². The number of hydrogen-bond acceptors (Lipinski definition) is 3. The molecule has 2 aromatic carbocycles. The molecular weight excluding hydrogens is 394 g/mol. The quantitative estimate of drug-likeness (QED) is 0.516. The number of aliphatic imine (C=N–C) groups is 1. The Bertz CT molecular complexity index is 1240. The molecule has 3 fully saturated rings. The van der Waals surface area contributed by atoms with E-state index in [4.69, 9.17) is 16.6 Å². The molecule has 5 heteroatoms. The molecule has 1 atom stereocenters. The fraction of sp³-hybridized carbons (Fsp3) is 0.320. The van der Waals surface area contributed by atoms with Crippen LogP contribution in [0.25, 0.3) is 5.69 Å². The summed E-state index contributed by atoms with van der Waals surface area (Å²) in [6.07, 6.45) is 5.65. The Balaban J connectivity index is 1.63. The summed E-state index contributed by atoms with van der Waals surface area (Å²) < 4.78 is 2.04. The summed E-state index contributed by atoms with van der Waals surface area (Å²) in [5.41, 5.74) is 6.94. The third kappa shape index (κ3) is 2.37. The van der Waals surface area contributed by atoms with Crippen LogP contribution in [0.5, 0.6) is 0 Å². The zero-order valence-corrected chi connectivity index (χ0v) is 17.8. The van der Waals surface area contributed by atoms with Gasteiger partial charge in [-0.05, 0) is 61.3 Å². The fourth-order valence-corrected chi connectivity index (χ4v) is 5.74. The number of carbonyl (C=O) groups is 1. The lowest BCUT2D eigenvalue weighted by molar-refractivity contribution is -0.0274. The molecule has 0 spiro atoms. The van der Waals surface area contributed by atoms with Crippen LogP contribution in [0.15, 0.2) is 53.8 Å². The highest BCUT2D eigenvalue weighted by Crippen LogP contribution is 2.65. The number of imidazole rings is 1. The molecule has 2 heterocycles. The summed E-state index contributed by atoms with van der Waals surface area (Å²) in [4.78, 5) is 21.8. The van der Waals surface area contributed by atoms with Crippen LogP contribution >= 0.6 is 11.6 Å². The molecule has 150 valence electrons. The van der Waals surface area contributed by atoms with Crippen molar-refractivity contribution in [2.45, 2.75) is 44.6 Å². The van der Waals surface area contributed by atoms with Crippen LogP contribution in [-0.2, 0) is 5.41 Å². The van der Waals surface area contributed by atoms with Crippen molar-refractivity contribution in [3.05, 3.63) is 81.9 Å². The van der Waals surface area contributed by atoms with Crippen molar-refractivity contribution in [3.8, 4) is 5.69 Å². The van der Waals surface area contributed by atoms with Gasteiger partial charge in [-0.3, -0.25) is 14.4 Å². The van der Waals surface area contributed by atoms with Gasteiger partial charge in [0.15, 0.2) is 5.78 Å². The summed E-state index contributed by atoms with van der Waals surface area (Å²) >= 11 is 6.61. The second-order valence-corrected chi connectivity index (χ2v) is 9.44. The summed E-state index contributed by atoms with van der Waals surface area (Å²) in [6, 6.07) is 14.4. The summed E-state index contributed by atoms with van der Waals surface area (Å²) in [5, 5.41) is 0.682. The fourth-order valence-electron chi connectivity index (χ4n) is 5.51. The highest BCUT2D eigenvalue weighted by Gasteiger charge is 2.57. The Kier molecular flexibility index (Phi) is 3.70. The SMILES string of the molecule is CC(=O)c1ncn2c1[C@@H](C)N=C(c1ccccc1Cl)c1cc(C34CC(C3)C4)ccc1-2. The summed E-state index contributed by atoms with van der Waals surface area (Å²) in [5.74, 6) is 0.873. The first kappa shape index (κ1) is 18.1. The van der Waals surface area contributed by atoms with Crippen LogP contribution in [0.2, 0.25) is 5.02 Å². The third-order valence-electron chi connectivity index (χ3n) is 7.15. The van der Waals surface area contributed by atoms with Crippen molar-refractivity contribution in [3.63, 3.8) is 0 Å². The number of nitrogens with zero attached hydrogens (tertiary/aromatic N) is 3. The molecule has 1 aliphatic heterocycles. The molecule has 3 aromatic rings. The molecular formula is C25H22ClN3O. The first-order valence-corrected chi connectivity index (χ1v) is 10.9. The number of fused-ring (bicyclic) bond motifs is 3. The highest BCUT2D eigenvalue weighted by atomic mass is 35.5. The Labute approximate surface area is 180 Å². The van der Waals surface area contributed by atoms with Crippen molar-refractivity contribution in [2.24, 2.45) is 10.9 Å². The molecule has 0 amide bonds. The first-order chi connectivity index (χ1) is 14.5. The van der Waals surface area contributed by atoms with E-state index in [0.29, 0.717) is 16.1 Å². The average Bonchev–Trinajstić information content (AvgIpc) is 3.05. The van der Waals surface area contributed by atoms with E-state index in [2.05, 4.69) is 23.2 Å². The zero-order chi connectivity index (χ0) is 20.6. The molecule has 30 heavy (non-hydrogen) atoms. The lowest BCUT2D eigenvalue weighted by atomic mass is 9.42. The summed E-state index contributed by atoms with van der Waals surface area (Å²) in [6.45, 7) is 3.58. The smallest absolute Gasteiger partial charge is 0.180 e. The molecule has 0 radical (unpaired) electrons. The van der Waals surface area contributed by atoms with Gasteiger partial charge in [-0.25, -0.2) is 4.98 Å². The van der Waals surface area contributed by atoms with E-state index >= 15 is 0 Å². The maximum atomic E-state index is 12.2. The predicted molar refractivity (Wildman–Crippen MR) is 118 cm³/mol. The molecule has 1 aromatic heterocycles. The number of aromatic nitrogens is 2. The van der Waals surface area contributed by atoms with E-state index in [1.807, 2.05) is 35.8 Å². The minimum atomic E-state index is -0.219. The second kappa shape index (κ2) is 6.14. The van der Waals surface area contributed by atoms with Gasteiger partial charge in [0.1, 0.15) is 12.0 Å². The maximum absolute atomic E-state index is 12.2. The van der Waals surface area contributed by atoms with Gasteiger partial charge in [0, 0.05) is 23.1 Å². The van der Waals surface area contributed by atoms with Crippen LogP contribution in [0.3, 0.4) is 0 Å². The first-order valence-electron chi connectivity index (χ1n) is 10.5. The molecule has 3 aliphatic carbocycles. The molecule has 4 nitrogen and oxygen atoms in total. The number of ketones is 1. The highest BCUT2D eigenvalue weighted by molar-refractivity contribution is 6.35. The number of rotatable bonds is 3. The van der Waals surface area contributed by atoms with Gasteiger partial charge in [-0.2, -0.15) is 0 Å². The number of carbonyl (C=O) groups excluding carboxylic acids is 1. The molecule has 2 bridgehead atoms. The van der Waals surface area contributed by atoms with Crippen LogP contribution < -0.4 is 0 Å².